The smallest absolute Gasteiger partial charge is 0.248 e. The van der Waals surface area contributed by atoms with Gasteiger partial charge in [0.1, 0.15) is 6.54 Å². The van der Waals surface area contributed by atoms with Crippen molar-refractivity contribution in [2.45, 2.75) is 40.7 Å². The minimum Gasteiger partial charge on any atom is -0.357 e. The summed E-state index contributed by atoms with van der Waals surface area (Å²) in [4.78, 5) is 14.4. The summed E-state index contributed by atoms with van der Waals surface area (Å²) >= 11 is 1.75. The largest absolute Gasteiger partial charge is 0.357 e. The molecule has 0 saturated carbocycles. The van der Waals surface area contributed by atoms with Gasteiger partial charge in [0.2, 0.25) is 5.89 Å². The second kappa shape index (κ2) is 9.81. The molecule has 0 aromatic carbocycles. The van der Waals surface area contributed by atoms with Gasteiger partial charge in [-0.25, -0.2) is 9.98 Å². The third-order valence-corrected chi connectivity index (χ3v) is 4.12. The Labute approximate surface area is 157 Å². The van der Waals surface area contributed by atoms with Gasteiger partial charge in [-0.3, -0.25) is 0 Å². The van der Waals surface area contributed by atoms with Crippen LogP contribution in [0.1, 0.15) is 34.2 Å². The average Bonchev–Trinajstić information content (AvgIpc) is 3.03. The van der Waals surface area contributed by atoms with Gasteiger partial charge in [-0.15, -0.1) is 35.3 Å². The molecule has 0 spiro atoms. The lowest BCUT2D eigenvalue weighted by molar-refractivity contribution is 0.376. The number of aliphatic imine (C=N–C) groups is 1. The highest BCUT2D eigenvalue weighted by Crippen LogP contribution is 2.16. The van der Waals surface area contributed by atoms with Gasteiger partial charge in [-0.2, -0.15) is 4.98 Å². The topological polar surface area (TPSA) is 88.2 Å². The van der Waals surface area contributed by atoms with Gasteiger partial charge < -0.3 is 15.2 Å². The van der Waals surface area contributed by atoms with Crippen LogP contribution in [0.2, 0.25) is 0 Å². The molecule has 0 bridgehead atoms. The number of guanidine groups is 1. The standard InChI is InChI=1S/C14H22N6OS.HI/c1-5-15-14(17-8-12-19-11(4)20-21-12)16-7-6-13-18-9(2)10(3)22-13;/h5-8H2,1-4H3,(H2,15,16,17);1H. The third-order valence-electron chi connectivity index (χ3n) is 2.99. The van der Waals surface area contributed by atoms with Gasteiger partial charge >= 0.3 is 0 Å². The van der Waals surface area contributed by atoms with Crippen molar-refractivity contribution in [3.8, 4) is 0 Å². The number of aromatic nitrogens is 3. The fourth-order valence-corrected chi connectivity index (χ4v) is 2.76. The Morgan fingerprint density at radius 1 is 1.22 bits per heavy atom. The summed E-state index contributed by atoms with van der Waals surface area (Å²) in [5, 5.41) is 11.4. The van der Waals surface area contributed by atoms with Crippen molar-refractivity contribution in [2.24, 2.45) is 4.99 Å². The molecule has 2 aromatic heterocycles. The van der Waals surface area contributed by atoms with Crippen molar-refractivity contribution < 1.29 is 4.52 Å². The minimum atomic E-state index is 0. The Kier molecular flexibility index (Phi) is 8.45. The van der Waals surface area contributed by atoms with E-state index in [0.717, 1.165) is 36.2 Å². The maximum absolute atomic E-state index is 5.05. The predicted molar refractivity (Wildman–Crippen MR) is 103 cm³/mol. The Bertz CT molecular complexity index is 620. The van der Waals surface area contributed by atoms with Crippen molar-refractivity contribution in [3.05, 3.63) is 27.3 Å². The number of thiazole rings is 1. The molecule has 2 heterocycles. The maximum Gasteiger partial charge on any atom is 0.248 e. The van der Waals surface area contributed by atoms with E-state index in [1.807, 2.05) is 13.8 Å². The molecule has 0 unspecified atom stereocenters. The minimum absolute atomic E-state index is 0. The molecule has 0 amide bonds. The fourth-order valence-electron chi connectivity index (χ4n) is 1.83. The zero-order chi connectivity index (χ0) is 15.9. The van der Waals surface area contributed by atoms with Crippen LogP contribution in [0.4, 0.5) is 0 Å². The van der Waals surface area contributed by atoms with E-state index in [2.05, 4.69) is 37.7 Å². The van der Waals surface area contributed by atoms with Gasteiger partial charge in [-0.05, 0) is 27.7 Å². The van der Waals surface area contributed by atoms with E-state index in [1.54, 1.807) is 18.3 Å². The highest BCUT2D eigenvalue weighted by Gasteiger charge is 2.05. The summed E-state index contributed by atoms with van der Waals surface area (Å²) < 4.78 is 5.05. The van der Waals surface area contributed by atoms with E-state index in [4.69, 9.17) is 4.52 Å². The number of hydrogen-bond acceptors (Lipinski definition) is 6. The number of halogens is 1. The highest BCUT2D eigenvalue weighted by atomic mass is 127. The van der Waals surface area contributed by atoms with Gasteiger partial charge in [-0.1, -0.05) is 5.16 Å². The van der Waals surface area contributed by atoms with Crippen LogP contribution in [0, 0.1) is 20.8 Å². The van der Waals surface area contributed by atoms with Crippen molar-refractivity contribution in [2.75, 3.05) is 13.1 Å². The van der Waals surface area contributed by atoms with Gasteiger partial charge in [0.15, 0.2) is 11.8 Å². The molecular weight excluding hydrogens is 427 g/mol. The van der Waals surface area contributed by atoms with Crippen LogP contribution in [0.15, 0.2) is 9.52 Å². The molecule has 0 aliphatic rings. The molecule has 0 saturated heterocycles. The molecular formula is C14H23IN6OS. The van der Waals surface area contributed by atoms with E-state index >= 15 is 0 Å². The zero-order valence-corrected chi connectivity index (χ0v) is 17.0. The normalized spacial score (nSPS) is 11.2. The van der Waals surface area contributed by atoms with E-state index in [-0.39, 0.29) is 24.0 Å². The summed E-state index contributed by atoms with van der Waals surface area (Å²) in [5.74, 6) is 1.88. The zero-order valence-electron chi connectivity index (χ0n) is 13.8. The molecule has 0 aliphatic heterocycles. The molecule has 0 atom stereocenters. The Balaban J connectivity index is 0.00000264. The number of rotatable bonds is 6. The summed E-state index contributed by atoms with van der Waals surface area (Å²) in [5.41, 5.74) is 1.12. The van der Waals surface area contributed by atoms with Gasteiger partial charge in [0.25, 0.3) is 0 Å². The third kappa shape index (κ3) is 6.42. The number of aryl methyl sites for hydroxylation is 3. The summed E-state index contributed by atoms with van der Waals surface area (Å²) in [7, 11) is 0. The fraction of sp³-hybridized carbons (Fsp3) is 0.571. The van der Waals surface area contributed by atoms with Crippen molar-refractivity contribution >= 4 is 41.3 Å². The van der Waals surface area contributed by atoms with E-state index in [0.29, 0.717) is 18.3 Å². The van der Waals surface area contributed by atoms with Crippen LogP contribution >= 0.6 is 35.3 Å². The summed E-state index contributed by atoms with van der Waals surface area (Å²) in [6, 6.07) is 0. The molecule has 0 aliphatic carbocycles. The van der Waals surface area contributed by atoms with Crippen LogP contribution in [0.3, 0.4) is 0 Å². The van der Waals surface area contributed by atoms with Crippen LogP contribution in [0.5, 0.6) is 0 Å². The first-order valence-corrected chi connectivity index (χ1v) is 8.14. The molecule has 0 fully saturated rings. The first-order valence-electron chi connectivity index (χ1n) is 7.32. The molecule has 2 rings (SSSR count). The van der Waals surface area contributed by atoms with Gasteiger partial charge in [0, 0.05) is 24.4 Å². The molecule has 2 N–H and O–H groups in total. The van der Waals surface area contributed by atoms with E-state index in [1.165, 1.54) is 4.88 Å². The van der Waals surface area contributed by atoms with Gasteiger partial charge in [0.05, 0.1) is 10.7 Å². The SMILES string of the molecule is CCNC(=NCc1nc(C)no1)NCCc1nc(C)c(C)s1.I. The highest BCUT2D eigenvalue weighted by molar-refractivity contribution is 14.0. The molecule has 23 heavy (non-hydrogen) atoms. The van der Waals surface area contributed by atoms with E-state index in [9.17, 15) is 0 Å². The van der Waals surface area contributed by atoms with Crippen LogP contribution < -0.4 is 10.6 Å². The number of hydrogen-bond donors (Lipinski definition) is 2. The summed E-state index contributed by atoms with van der Waals surface area (Å²) in [6.07, 6.45) is 0.878. The molecule has 9 heteroatoms. The first-order chi connectivity index (χ1) is 10.6. The quantitative estimate of drug-likeness (QED) is 0.399. The second-order valence-corrected chi connectivity index (χ2v) is 6.14. The Morgan fingerprint density at radius 3 is 2.57 bits per heavy atom. The van der Waals surface area contributed by atoms with Crippen LogP contribution in [-0.4, -0.2) is 34.2 Å². The van der Waals surface area contributed by atoms with Crippen LogP contribution in [-0.2, 0) is 13.0 Å². The average molecular weight is 450 g/mol. The predicted octanol–water partition coefficient (Wildman–Crippen LogP) is 2.37. The van der Waals surface area contributed by atoms with E-state index < -0.39 is 0 Å². The maximum atomic E-state index is 5.05. The lowest BCUT2D eigenvalue weighted by Crippen LogP contribution is -2.38. The summed E-state index contributed by atoms with van der Waals surface area (Å²) in [6.45, 7) is 9.90. The number of nitrogens with one attached hydrogen (secondary N) is 2. The van der Waals surface area contributed by atoms with Crippen molar-refractivity contribution in [1.29, 1.82) is 0 Å². The first kappa shape index (κ1) is 19.8. The van der Waals surface area contributed by atoms with Crippen molar-refractivity contribution in [3.63, 3.8) is 0 Å². The molecule has 7 nitrogen and oxygen atoms in total. The molecule has 0 radical (unpaired) electrons. The lowest BCUT2D eigenvalue weighted by atomic mass is 10.4. The Morgan fingerprint density at radius 2 is 2.00 bits per heavy atom. The lowest BCUT2D eigenvalue weighted by Gasteiger charge is -2.09. The number of nitrogens with zero attached hydrogens (tertiary/aromatic N) is 4. The van der Waals surface area contributed by atoms with Crippen LogP contribution in [0.25, 0.3) is 0 Å². The van der Waals surface area contributed by atoms with Crippen molar-refractivity contribution in [1.82, 2.24) is 25.8 Å². The second-order valence-electron chi connectivity index (χ2n) is 4.86. The molecule has 128 valence electrons. The monoisotopic (exact) mass is 450 g/mol. The Hall–Kier alpha value is -1.23. The molecule has 2 aromatic rings.